The third-order valence-electron chi connectivity index (χ3n) is 6.66. The molecule has 2 fully saturated rings. The Kier molecular flexibility index (Phi) is 4.96. The molecule has 2 aromatic rings. The fraction of sp³-hybridized carbons (Fsp3) is 0.360. The molecular weight excluding hydrogens is 422 g/mol. The number of anilines is 2. The lowest BCUT2D eigenvalue weighted by Crippen LogP contribution is -2.69. The molecular formula is C25H25N3O5. The average Bonchev–Trinajstić information content (AvgIpc) is 3.57. The number of carbonyl (C=O) groups excluding carboxylic acids is 4. The van der Waals surface area contributed by atoms with Crippen molar-refractivity contribution in [3.63, 3.8) is 0 Å². The molecule has 1 saturated heterocycles. The van der Waals surface area contributed by atoms with Crippen molar-refractivity contribution in [1.82, 2.24) is 4.90 Å². The Morgan fingerprint density at radius 3 is 2.58 bits per heavy atom. The molecule has 0 spiro atoms. The highest BCUT2D eigenvalue weighted by Crippen LogP contribution is 2.49. The highest BCUT2D eigenvalue weighted by atomic mass is 16.5. The van der Waals surface area contributed by atoms with E-state index in [-0.39, 0.29) is 30.7 Å². The molecule has 8 heteroatoms. The summed E-state index contributed by atoms with van der Waals surface area (Å²) in [5.41, 5.74) is 2.00. The normalized spacial score (nSPS) is 21.5. The largest absolute Gasteiger partial charge is 0.452 e. The van der Waals surface area contributed by atoms with Gasteiger partial charge in [0.25, 0.3) is 11.8 Å². The zero-order valence-corrected chi connectivity index (χ0v) is 18.6. The zero-order valence-electron chi connectivity index (χ0n) is 18.6. The van der Waals surface area contributed by atoms with E-state index < -0.39 is 24.1 Å². The second-order valence-electron chi connectivity index (χ2n) is 8.89. The number of fused-ring (bicyclic) bond motifs is 3. The Hall–Kier alpha value is -3.68. The number of nitrogens with zero attached hydrogens (tertiary/aromatic N) is 2. The molecule has 0 bridgehead atoms. The van der Waals surface area contributed by atoms with Gasteiger partial charge in [-0.1, -0.05) is 18.2 Å². The molecule has 2 aromatic carbocycles. The van der Waals surface area contributed by atoms with Crippen LogP contribution in [0.5, 0.6) is 0 Å². The first kappa shape index (κ1) is 21.2. The Bertz CT molecular complexity index is 1190. The van der Waals surface area contributed by atoms with E-state index in [1.54, 1.807) is 30.3 Å². The Balaban J connectivity index is 1.41. The van der Waals surface area contributed by atoms with Crippen LogP contribution in [0.15, 0.2) is 42.5 Å². The van der Waals surface area contributed by atoms with Crippen molar-refractivity contribution < 1.29 is 23.9 Å². The predicted molar refractivity (Wildman–Crippen MR) is 121 cm³/mol. The quantitative estimate of drug-likeness (QED) is 0.711. The van der Waals surface area contributed by atoms with Crippen LogP contribution in [0.3, 0.4) is 0 Å². The molecule has 3 amide bonds. The van der Waals surface area contributed by atoms with Gasteiger partial charge >= 0.3 is 5.97 Å². The van der Waals surface area contributed by atoms with Gasteiger partial charge in [-0.25, -0.2) is 4.79 Å². The Morgan fingerprint density at radius 2 is 1.85 bits per heavy atom. The summed E-state index contributed by atoms with van der Waals surface area (Å²) in [4.78, 5) is 55.2. The van der Waals surface area contributed by atoms with Gasteiger partial charge in [-0.05, 0) is 62.1 Å². The van der Waals surface area contributed by atoms with E-state index in [9.17, 15) is 19.2 Å². The number of nitrogens with one attached hydrogen (secondary N) is 1. The van der Waals surface area contributed by atoms with Crippen LogP contribution in [0, 0.1) is 13.8 Å². The number of carbonyl (C=O) groups is 4. The maximum atomic E-state index is 13.5. The lowest BCUT2D eigenvalue weighted by atomic mass is 9.96. The van der Waals surface area contributed by atoms with Crippen LogP contribution in [0.25, 0.3) is 0 Å². The summed E-state index contributed by atoms with van der Waals surface area (Å²) in [6.07, 6.45) is 1.78. The smallest absolute Gasteiger partial charge is 0.354 e. The summed E-state index contributed by atoms with van der Waals surface area (Å²) in [7, 11) is 0. The highest BCUT2D eigenvalue weighted by Gasteiger charge is 2.64. The summed E-state index contributed by atoms with van der Waals surface area (Å²) in [5.74, 6) is -1.76. The van der Waals surface area contributed by atoms with E-state index in [1.165, 1.54) is 9.80 Å². The van der Waals surface area contributed by atoms with Crippen LogP contribution in [-0.4, -0.2) is 46.9 Å². The molecule has 1 N–H and O–H groups in total. The van der Waals surface area contributed by atoms with E-state index in [1.807, 2.05) is 26.0 Å². The first-order chi connectivity index (χ1) is 15.8. The Morgan fingerprint density at radius 1 is 1.09 bits per heavy atom. The van der Waals surface area contributed by atoms with Crippen LogP contribution >= 0.6 is 0 Å². The predicted octanol–water partition coefficient (Wildman–Crippen LogP) is 2.93. The van der Waals surface area contributed by atoms with E-state index in [2.05, 4.69) is 5.32 Å². The third-order valence-corrected chi connectivity index (χ3v) is 6.66. The summed E-state index contributed by atoms with van der Waals surface area (Å²) < 4.78 is 5.46. The second kappa shape index (κ2) is 7.72. The number of benzene rings is 2. The standard InChI is InChI=1S/C25H25N3O5/c1-15-7-8-17(13-16(15)2)26-21(29)14-33-24(32)25-12-11-22(30)28(25)20-6-4-3-5-19(20)23(31)27(25)18-9-10-18/h3-8,13,18H,9-12,14H2,1-2H3,(H,26,29). The third kappa shape index (κ3) is 3.37. The van der Waals surface area contributed by atoms with Gasteiger partial charge in [-0.15, -0.1) is 0 Å². The lowest BCUT2D eigenvalue weighted by molar-refractivity contribution is -0.159. The van der Waals surface area contributed by atoms with Crippen molar-refractivity contribution in [3.05, 3.63) is 59.2 Å². The zero-order chi connectivity index (χ0) is 23.3. The summed E-state index contributed by atoms with van der Waals surface area (Å²) in [5, 5.41) is 2.73. The molecule has 0 aromatic heterocycles. The van der Waals surface area contributed by atoms with E-state index in [0.717, 1.165) is 24.0 Å². The van der Waals surface area contributed by atoms with E-state index >= 15 is 0 Å². The number of aryl methyl sites for hydroxylation is 2. The van der Waals surface area contributed by atoms with Gasteiger partial charge in [0, 0.05) is 24.6 Å². The molecule has 1 aliphatic carbocycles. The molecule has 2 heterocycles. The first-order valence-electron chi connectivity index (χ1n) is 11.1. The summed E-state index contributed by atoms with van der Waals surface area (Å²) in [6, 6.07) is 12.2. The second-order valence-corrected chi connectivity index (χ2v) is 8.89. The lowest BCUT2D eigenvalue weighted by Gasteiger charge is -2.48. The van der Waals surface area contributed by atoms with Crippen molar-refractivity contribution in [2.24, 2.45) is 0 Å². The molecule has 0 radical (unpaired) electrons. The molecule has 8 nitrogen and oxygen atoms in total. The van der Waals surface area contributed by atoms with Crippen LogP contribution in [0.4, 0.5) is 11.4 Å². The molecule has 1 saturated carbocycles. The monoisotopic (exact) mass is 447 g/mol. The molecule has 1 unspecified atom stereocenters. The first-order valence-corrected chi connectivity index (χ1v) is 11.1. The Labute approximate surface area is 191 Å². The van der Waals surface area contributed by atoms with Gasteiger partial charge in [0.1, 0.15) is 0 Å². The van der Waals surface area contributed by atoms with Gasteiger partial charge in [0.15, 0.2) is 6.61 Å². The van der Waals surface area contributed by atoms with Gasteiger partial charge in [-0.3, -0.25) is 19.3 Å². The number of hydrogen-bond donors (Lipinski definition) is 1. The highest BCUT2D eigenvalue weighted by molar-refractivity contribution is 6.16. The minimum absolute atomic E-state index is 0.120. The fourth-order valence-electron chi connectivity index (χ4n) is 4.78. The van der Waals surface area contributed by atoms with E-state index in [4.69, 9.17) is 4.74 Å². The fourth-order valence-corrected chi connectivity index (χ4v) is 4.78. The molecule has 3 aliphatic rings. The number of ether oxygens (including phenoxy) is 1. The van der Waals surface area contributed by atoms with Crippen molar-refractivity contribution in [3.8, 4) is 0 Å². The maximum absolute atomic E-state index is 13.5. The van der Waals surface area contributed by atoms with Crippen LogP contribution in [0.1, 0.15) is 47.2 Å². The minimum atomic E-state index is -1.55. The van der Waals surface area contributed by atoms with Crippen molar-refractivity contribution in [2.75, 3.05) is 16.8 Å². The molecule has 33 heavy (non-hydrogen) atoms. The number of para-hydroxylation sites is 1. The van der Waals surface area contributed by atoms with Crippen LogP contribution in [-0.2, 0) is 19.1 Å². The SMILES string of the molecule is Cc1ccc(NC(=O)COC(=O)C23CCC(=O)N2c2ccccc2C(=O)N3C2CC2)cc1C. The van der Waals surface area contributed by atoms with Gasteiger partial charge < -0.3 is 15.0 Å². The van der Waals surface area contributed by atoms with Crippen LogP contribution < -0.4 is 10.2 Å². The number of rotatable bonds is 5. The van der Waals surface area contributed by atoms with Gasteiger partial charge in [0.2, 0.25) is 11.6 Å². The van der Waals surface area contributed by atoms with Gasteiger partial charge in [0.05, 0.1) is 11.3 Å². The van der Waals surface area contributed by atoms with Crippen molar-refractivity contribution in [1.29, 1.82) is 0 Å². The number of esters is 1. The topological polar surface area (TPSA) is 96.0 Å². The van der Waals surface area contributed by atoms with E-state index in [0.29, 0.717) is 16.9 Å². The molecule has 2 aliphatic heterocycles. The molecule has 170 valence electrons. The van der Waals surface area contributed by atoms with Crippen molar-refractivity contribution in [2.45, 2.75) is 51.2 Å². The molecule has 1 atom stereocenters. The summed E-state index contributed by atoms with van der Waals surface area (Å²) >= 11 is 0. The number of amides is 3. The summed E-state index contributed by atoms with van der Waals surface area (Å²) in [6.45, 7) is 3.41. The average molecular weight is 447 g/mol. The van der Waals surface area contributed by atoms with Gasteiger partial charge in [-0.2, -0.15) is 0 Å². The molecule has 5 rings (SSSR count). The maximum Gasteiger partial charge on any atom is 0.354 e. The minimum Gasteiger partial charge on any atom is -0.452 e. The van der Waals surface area contributed by atoms with Crippen LogP contribution in [0.2, 0.25) is 0 Å². The number of hydrogen-bond acceptors (Lipinski definition) is 5. The van der Waals surface area contributed by atoms with Crippen molar-refractivity contribution >= 4 is 35.1 Å².